The summed E-state index contributed by atoms with van der Waals surface area (Å²) in [6.07, 6.45) is 7.94. The molecule has 0 saturated heterocycles. The normalized spacial score (nSPS) is 9.93. The van der Waals surface area contributed by atoms with Gasteiger partial charge in [-0.1, -0.05) is 26.0 Å². The first-order valence-electron chi connectivity index (χ1n) is 5.06. The summed E-state index contributed by atoms with van der Waals surface area (Å²) in [5, 5.41) is 9.02. The molecule has 0 fully saturated rings. The molecule has 0 saturated carbocycles. The van der Waals surface area contributed by atoms with Crippen molar-refractivity contribution in [2.45, 2.75) is 41.5 Å². The van der Waals surface area contributed by atoms with Gasteiger partial charge in [-0.05, 0) is 45.4 Å². The Hall–Kier alpha value is -1.42. The van der Waals surface area contributed by atoms with Crippen LogP contribution in [-0.4, -0.2) is 5.11 Å². The first-order chi connectivity index (χ1) is 6.99. The number of allylic oxidation sites excluding steroid dienone is 4. The van der Waals surface area contributed by atoms with Crippen LogP contribution in [0.1, 0.15) is 41.5 Å². The fourth-order valence-corrected chi connectivity index (χ4v) is 0.428. The monoisotopic (exact) mass is 208 g/mol. The molecule has 0 aromatic heterocycles. The van der Waals surface area contributed by atoms with E-state index in [1.165, 1.54) is 0 Å². The lowest BCUT2D eigenvalue weighted by molar-refractivity contribution is 0.430. The number of terminal acetylenes is 1. The standard InChI is InChI=1S/C9H14O.C3H4.C2H6/c1-5-9(10)6-8(4)7(2)3;1-3-2;1-2/h5-6,10H,2H2,1,3-4H3;1H,2H3;1-2H3/b8-6-,9-5+;;. The Bertz CT molecular complexity index is 249. The number of rotatable bonds is 2. The van der Waals surface area contributed by atoms with Crippen molar-refractivity contribution in [3.05, 3.63) is 35.6 Å². The van der Waals surface area contributed by atoms with E-state index in [0.29, 0.717) is 5.76 Å². The molecular weight excluding hydrogens is 184 g/mol. The summed E-state index contributed by atoms with van der Waals surface area (Å²) in [6.45, 7) is 15.0. The minimum absolute atomic E-state index is 0.292. The molecule has 0 unspecified atom stereocenters. The van der Waals surface area contributed by atoms with E-state index in [2.05, 4.69) is 18.9 Å². The molecule has 1 N–H and O–H groups in total. The summed E-state index contributed by atoms with van der Waals surface area (Å²) in [5.74, 6) is 2.54. The van der Waals surface area contributed by atoms with Crippen LogP contribution in [0.3, 0.4) is 0 Å². The van der Waals surface area contributed by atoms with Gasteiger partial charge in [-0.2, -0.15) is 0 Å². The molecule has 0 aliphatic rings. The molecule has 0 spiro atoms. The minimum atomic E-state index is 0.292. The second-order valence-electron chi connectivity index (χ2n) is 2.61. The van der Waals surface area contributed by atoms with Gasteiger partial charge in [-0.25, -0.2) is 0 Å². The van der Waals surface area contributed by atoms with Gasteiger partial charge in [0.15, 0.2) is 0 Å². The summed E-state index contributed by atoms with van der Waals surface area (Å²) < 4.78 is 0. The highest BCUT2D eigenvalue weighted by Gasteiger charge is 1.89. The van der Waals surface area contributed by atoms with E-state index in [0.717, 1.165) is 11.1 Å². The molecule has 0 aliphatic heterocycles. The number of aliphatic hydroxyl groups is 1. The molecule has 0 rings (SSSR count). The molecule has 0 bridgehead atoms. The van der Waals surface area contributed by atoms with E-state index in [1.807, 2.05) is 27.7 Å². The van der Waals surface area contributed by atoms with Crippen molar-refractivity contribution in [2.75, 3.05) is 0 Å². The fourth-order valence-electron chi connectivity index (χ4n) is 0.428. The Balaban J connectivity index is -0.000000245. The van der Waals surface area contributed by atoms with Crippen LogP contribution < -0.4 is 0 Å². The third-order valence-electron chi connectivity index (χ3n) is 1.33. The summed E-state index contributed by atoms with van der Waals surface area (Å²) >= 11 is 0. The molecule has 0 aromatic carbocycles. The third kappa shape index (κ3) is 19.1. The summed E-state index contributed by atoms with van der Waals surface area (Å²) in [7, 11) is 0. The summed E-state index contributed by atoms with van der Waals surface area (Å²) in [6, 6.07) is 0. The van der Waals surface area contributed by atoms with E-state index >= 15 is 0 Å². The van der Waals surface area contributed by atoms with Crippen LogP contribution in [0.25, 0.3) is 0 Å². The van der Waals surface area contributed by atoms with Crippen molar-refractivity contribution in [3.8, 4) is 12.3 Å². The Morgan fingerprint density at radius 1 is 1.33 bits per heavy atom. The van der Waals surface area contributed by atoms with E-state index in [1.54, 1.807) is 26.0 Å². The molecule has 0 atom stereocenters. The highest BCUT2D eigenvalue weighted by molar-refractivity contribution is 5.29. The van der Waals surface area contributed by atoms with Crippen molar-refractivity contribution in [1.29, 1.82) is 0 Å². The molecule has 1 nitrogen and oxygen atoms in total. The lowest BCUT2D eigenvalue weighted by Gasteiger charge is -1.96. The van der Waals surface area contributed by atoms with E-state index in [-0.39, 0.29) is 0 Å². The van der Waals surface area contributed by atoms with Crippen molar-refractivity contribution in [3.63, 3.8) is 0 Å². The van der Waals surface area contributed by atoms with Crippen LogP contribution in [0, 0.1) is 12.3 Å². The summed E-state index contributed by atoms with van der Waals surface area (Å²) in [4.78, 5) is 0. The Labute approximate surface area is 95.2 Å². The molecule has 15 heavy (non-hydrogen) atoms. The van der Waals surface area contributed by atoms with Crippen molar-refractivity contribution in [1.82, 2.24) is 0 Å². The second-order valence-corrected chi connectivity index (χ2v) is 2.61. The topological polar surface area (TPSA) is 20.2 Å². The Morgan fingerprint density at radius 3 is 1.87 bits per heavy atom. The fraction of sp³-hybridized carbons (Fsp3) is 0.429. The van der Waals surface area contributed by atoms with Crippen molar-refractivity contribution < 1.29 is 5.11 Å². The van der Waals surface area contributed by atoms with Crippen LogP contribution in [0.2, 0.25) is 0 Å². The van der Waals surface area contributed by atoms with Gasteiger partial charge >= 0.3 is 0 Å². The molecule has 0 amide bonds. The van der Waals surface area contributed by atoms with Gasteiger partial charge in [0.2, 0.25) is 0 Å². The zero-order chi connectivity index (χ0) is 12.9. The minimum Gasteiger partial charge on any atom is -0.508 e. The Morgan fingerprint density at radius 2 is 1.67 bits per heavy atom. The predicted molar refractivity (Wildman–Crippen MR) is 70.8 cm³/mol. The van der Waals surface area contributed by atoms with Gasteiger partial charge in [0, 0.05) is 0 Å². The number of hydrogen-bond acceptors (Lipinski definition) is 1. The molecule has 0 heterocycles. The highest BCUT2D eigenvalue weighted by Crippen LogP contribution is 2.07. The zero-order valence-electron chi connectivity index (χ0n) is 10.9. The van der Waals surface area contributed by atoms with Gasteiger partial charge in [0.25, 0.3) is 0 Å². The van der Waals surface area contributed by atoms with Gasteiger partial charge in [0.05, 0.1) is 0 Å². The molecule has 1 heteroatoms. The lowest BCUT2D eigenvalue weighted by Crippen LogP contribution is -1.79. The van der Waals surface area contributed by atoms with Crippen LogP contribution >= 0.6 is 0 Å². The average Bonchev–Trinajstić information content (AvgIpc) is 2.21. The van der Waals surface area contributed by atoms with Gasteiger partial charge in [0.1, 0.15) is 5.76 Å². The third-order valence-corrected chi connectivity index (χ3v) is 1.33. The number of aliphatic hydroxyl groups excluding tert-OH is 1. The lowest BCUT2D eigenvalue weighted by atomic mass is 10.1. The zero-order valence-corrected chi connectivity index (χ0v) is 10.9. The van der Waals surface area contributed by atoms with Crippen molar-refractivity contribution >= 4 is 0 Å². The molecule has 0 aromatic rings. The first kappa shape index (κ1) is 19.2. The predicted octanol–water partition coefficient (Wildman–Crippen LogP) is 4.64. The Kier molecular flexibility index (Phi) is 19.3. The maximum absolute atomic E-state index is 9.02. The van der Waals surface area contributed by atoms with Gasteiger partial charge in [-0.15, -0.1) is 12.3 Å². The van der Waals surface area contributed by atoms with E-state index in [4.69, 9.17) is 5.11 Å². The van der Waals surface area contributed by atoms with Crippen LogP contribution in [0.15, 0.2) is 35.6 Å². The maximum atomic E-state index is 9.02. The molecular formula is C14H24O. The SMILES string of the molecule is C#CC.C=C(C)/C(C)=C\C(O)=C/C.CC. The van der Waals surface area contributed by atoms with Crippen molar-refractivity contribution in [2.24, 2.45) is 0 Å². The van der Waals surface area contributed by atoms with Crippen LogP contribution in [0.5, 0.6) is 0 Å². The average molecular weight is 208 g/mol. The quantitative estimate of drug-likeness (QED) is 0.398. The summed E-state index contributed by atoms with van der Waals surface area (Å²) in [5.41, 5.74) is 1.99. The largest absolute Gasteiger partial charge is 0.508 e. The van der Waals surface area contributed by atoms with Crippen LogP contribution in [0.4, 0.5) is 0 Å². The second kappa shape index (κ2) is 15.1. The first-order valence-corrected chi connectivity index (χ1v) is 5.06. The molecule has 86 valence electrons. The van der Waals surface area contributed by atoms with E-state index < -0.39 is 0 Å². The van der Waals surface area contributed by atoms with E-state index in [9.17, 15) is 0 Å². The molecule has 0 radical (unpaired) electrons. The maximum Gasteiger partial charge on any atom is 0.111 e. The highest BCUT2D eigenvalue weighted by atomic mass is 16.3. The van der Waals surface area contributed by atoms with Gasteiger partial charge in [-0.3, -0.25) is 0 Å². The van der Waals surface area contributed by atoms with Gasteiger partial charge < -0.3 is 5.11 Å². The number of hydrogen-bond donors (Lipinski definition) is 1. The van der Waals surface area contributed by atoms with Crippen LogP contribution in [-0.2, 0) is 0 Å². The smallest absolute Gasteiger partial charge is 0.111 e. The molecule has 0 aliphatic carbocycles.